The van der Waals surface area contributed by atoms with E-state index in [0.717, 1.165) is 0 Å². The van der Waals surface area contributed by atoms with Crippen LogP contribution in [0, 0.1) is 22.7 Å². The highest BCUT2D eigenvalue weighted by atomic mass is 16.6. The zero-order valence-electron chi connectivity index (χ0n) is 22.7. The summed E-state index contributed by atoms with van der Waals surface area (Å²) >= 11 is 0. The van der Waals surface area contributed by atoms with Gasteiger partial charge in [0.25, 0.3) is 0 Å². The number of anilines is 1. The van der Waals surface area contributed by atoms with Crippen molar-refractivity contribution in [3.8, 4) is 0 Å². The summed E-state index contributed by atoms with van der Waals surface area (Å²) < 4.78 is 17.1. The van der Waals surface area contributed by atoms with Gasteiger partial charge >= 0.3 is 11.9 Å². The van der Waals surface area contributed by atoms with E-state index >= 15 is 0 Å². The number of nitrogens with zero attached hydrogens (tertiary/aromatic N) is 2. The lowest BCUT2D eigenvalue weighted by atomic mass is 9.50. The number of pyridine rings is 1. The van der Waals surface area contributed by atoms with Crippen molar-refractivity contribution >= 4 is 35.0 Å². The molecule has 1 aromatic rings. The molecule has 10 heteroatoms. The Bertz CT molecular complexity index is 1330. The molecule has 0 aromatic carbocycles. The molecule has 2 heterocycles. The van der Waals surface area contributed by atoms with E-state index in [1.165, 1.54) is 20.2 Å². The van der Waals surface area contributed by atoms with Gasteiger partial charge in [0.15, 0.2) is 0 Å². The van der Waals surface area contributed by atoms with Crippen molar-refractivity contribution in [2.75, 3.05) is 25.7 Å². The summed E-state index contributed by atoms with van der Waals surface area (Å²) in [4.78, 5) is 72.4. The van der Waals surface area contributed by atoms with Crippen molar-refractivity contribution in [2.24, 2.45) is 22.7 Å². The minimum absolute atomic E-state index is 0.0199. The number of hydrogen-bond acceptors (Lipinski definition) is 10. The van der Waals surface area contributed by atoms with Gasteiger partial charge in [-0.3, -0.25) is 24.2 Å². The molecule has 3 aliphatic carbocycles. The summed E-state index contributed by atoms with van der Waals surface area (Å²) in [7, 11) is 3.17. The number of rotatable bonds is 5. The highest BCUT2D eigenvalue weighted by Gasteiger charge is 2.67. The first-order chi connectivity index (χ1) is 18.4. The van der Waals surface area contributed by atoms with E-state index in [0.29, 0.717) is 17.7 Å². The van der Waals surface area contributed by atoms with Crippen LogP contribution in [0.15, 0.2) is 47.4 Å². The average Bonchev–Trinajstić information content (AvgIpc) is 3.18. The summed E-state index contributed by atoms with van der Waals surface area (Å²) in [5.74, 6) is -4.50. The number of hydrogen-bond donors (Lipinski definition) is 0. The van der Waals surface area contributed by atoms with Gasteiger partial charge in [-0.15, -0.1) is 0 Å². The van der Waals surface area contributed by atoms with Gasteiger partial charge in [-0.1, -0.05) is 13.8 Å². The highest BCUT2D eigenvalue weighted by molar-refractivity contribution is 6.47. The summed E-state index contributed by atoms with van der Waals surface area (Å²) in [5, 5.41) is 0. The number of esters is 2. The Hall–Kier alpha value is -3.66. The molecule has 206 valence electrons. The van der Waals surface area contributed by atoms with E-state index < -0.39 is 58.4 Å². The van der Waals surface area contributed by atoms with Crippen LogP contribution in [-0.4, -0.2) is 67.2 Å². The van der Waals surface area contributed by atoms with Gasteiger partial charge in [-0.05, 0) is 24.1 Å². The first-order valence-electron chi connectivity index (χ1n) is 13.0. The maximum absolute atomic E-state index is 14.1. The maximum atomic E-state index is 14.1. The Kier molecular flexibility index (Phi) is 6.57. The molecule has 5 rings (SSSR count). The average molecular weight is 537 g/mol. The van der Waals surface area contributed by atoms with Gasteiger partial charge in [-0.2, -0.15) is 0 Å². The first kappa shape index (κ1) is 26.9. The molecule has 1 aromatic heterocycles. The molecular weight excluding hydrogens is 504 g/mol. The second-order valence-corrected chi connectivity index (χ2v) is 11.2. The summed E-state index contributed by atoms with van der Waals surface area (Å²) in [6.07, 6.45) is 3.69. The van der Waals surface area contributed by atoms with Crippen LogP contribution < -0.4 is 4.90 Å². The lowest BCUT2D eigenvalue weighted by molar-refractivity contribution is -0.174. The number of cyclic esters (lactones) is 1. The summed E-state index contributed by atoms with van der Waals surface area (Å²) in [5.41, 5.74) is -0.799. The number of fused-ring (bicyclic) bond motifs is 4. The van der Waals surface area contributed by atoms with Gasteiger partial charge in [0.05, 0.1) is 18.1 Å². The standard InChI is InChI=1S/C29H32N2O8/c1-15(32)38-19-12-28(2)18(6-7-20(28)33)22-24(19)29(3)21(14-37-5)39-27(36)17(23(29)26(35)25(22)34)13-31(4)16-8-10-30-11-9-16/h8-11,13,18-19,21,23H,6-7,12,14H2,1-5H3/b17-13-/t18-,19+,21+,23?,28-,29-/m0/s1. The third kappa shape index (κ3) is 3.95. The van der Waals surface area contributed by atoms with Crippen molar-refractivity contribution in [1.29, 1.82) is 0 Å². The maximum Gasteiger partial charge on any atom is 0.336 e. The molecule has 1 saturated carbocycles. The quantitative estimate of drug-likeness (QED) is 0.314. The molecule has 1 aliphatic heterocycles. The monoisotopic (exact) mass is 536 g/mol. The molecule has 39 heavy (non-hydrogen) atoms. The molecule has 4 aliphatic rings. The number of carbonyl (C=O) groups excluding carboxylic acids is 5. The van der Waals surface area contributed by atoms with Crippen LogP contribution >= 0.6 is 0 Å². The van der Waals surface area contributed by atoms with E-state index in [1.54, 1.807) is 50.3 Å². The predicted molar refractivity (Wildman–Crippen MR) is 137 cm³/mol. The van der Waals surface area contributed by atoms with Gasteiger partial charge in [0, 0.05) is 80.5 Å². The first-order valence-corrected chi connectivity index (χ1v) is 13.0. The van der Waals surface area contributed by atoms with Gasteiger partial charge in [-0.25, -0.2) is 4.79 Å². The molecule has 0 radical (unpaired) electrons. The fourth-order valence-corrected chi connectivity index (χ4v) is 7.16. The number of methoxy groups -OCH3 is 1. The number of carbonyl (C=O) groups is 5. The summed E-state index contributed by atoms with van der Waals surface area (Å²) in [6, 6.07) is 3.48. The molecule has 0 bridgehead atoms. The number of ether oxygens (including phenoxy) is 3. The normalized spacial score (nSPS) is 34.8. The molecule has 6 atom stereocenters. The Morgan fingerprint density at radius 3 is 2.54 bits per heavy atom. The Labute approximate surface area is 226 Å². The second kappa shape index (κ2) is 9.51. The van der Waals surface area contributed by atoms with Crippen molar-refractivity contribution in [3.63, 3.8) is 0 Å². The number of aromatic nitrogens is 1. The second-order valence-electron chi connectivity index (χ2n) is 11.2. The number of allylic oxidation sites excluding steroid dienone is 1. The lowest BCUT2D eigenvalue weighted by Crippen LogP contribution is -2.62. The zero-order chi connectivity index (χ0) is 28.3. The topological polar surface area (TPSA) is 129 Å². The Morgan fingerprint density at radius 1 is 1.21 bits per heavy atom. The van der Waals surface area contributed by atoms with Crippen molar-refractivity contribution in [3.05, 3.63) is 47.4 Å². The van der Waals surface area contributed by atoms with Gasteiger partial charge in [0.1, 0.15) is 18.0 Å². The molecule has 0 amide bonds. The minimum Gasteiger partial charge on any atom is -0.458 e. The SMILES string of the molecule is COC[C@H]1OC(=O)/C(=C\N(C)c2ccncc2)C2C(=O)C(=O)C3=C([C@H](OC(C)=O)C[C@]4(C)C(=O)CC[C@@H]34)[C@]21C. The molecule has 1 saturated heterocycles. The van der Waals surface area contributed by atoms with Gasteiger partial charge in [0.2, 0.25) is 11.6 Å². The van der Waals surface area contributed by atoms with Crippen molar-refractivity contribution in [1.82, 2.24) is 4.98 Å². The predicted octanol–water partition coefficient (Wildman–Crippen LogP) is 2.37. The van der Waals surface area contributed by atoms with Gasteiger partial charge < -0.3 is 19.1 Å². The molecular formula is C29H32N2O8. The Balaban J connectivity index is 1.75. The molecule has 0 N–H and O–H groups in total. The van der Waals surface area contributed by atoms with E-state index in [2.05, 4.69) is 4.98 Å². The molecule has 0 spiro atoms. The van der Waals surface area contributed by atoms with Crippen LogP contribution in [0.2, 0.25) is 0 Å². The molecule has 10 nitrogen and oxygen atoms in total. The minimum atomic E-state index is -1.26. The van der Waals surface area contributed by atoms with Crippen molar-refractivity contribution < 1.29 is 38.2 Å². The van der Waals surface area contributed by atoms with Crippen LogP contribution in [0.25, 0.3) is 0 Å². The fourth-order valence-electron chi connectivity index (χ4n) is 7.16. The van der Waals surface area contributed by atoms with Crippen molar-refractivity contribution in [2.45, 2.75) is 52.2 Å². The third-order valence-electron chi connectivity index (χ3n) is 9.04. The number of ketones is 3. The number of Topliss-reactive ketones (excluding diaryl/α,β-unsaturated/α-hetero) is 3. The van der Waals surface area contributed by atoms with Crippen LogP contribution in [0.3, 0.4) is 0 Å². The van der Waals surface area contributed by atoms with Crippen LogP contribution in [-0.2, 0) is 38.2 Å². The van der Waals surface area contributed by atoms with Crippen LogP contribution in [0.1, 0.15) is 40.0 Å². The smallest absolute Gasteiger partial charge is 0.336 e. The fraction of sp³-hybridized carbons (Fsp3) is 0.517. The highest BCUT2D eigenvalue weighted by Crippen LogP contribution is 2.62. The van der Waals surface area contributed by atoms with E-state index in [9.17, 15) is 24.0 Å². The lowest BCUT2D eigenvalue weighted by Gasteiger charge is -2.55. The van der Waals surface area contributed by atoms with E-state index in [4.69, 9.17) is 14.2 Å². The zero-order valence-corrected chi connectivity index (χ0v) is 22.7. The van der Waals surface area contributed by atoms with E-state index in [-0.39, 0.29) is 36.4 Å². The largest absolute Gasteiger partial charge is 0.458 e. The van der Waals surface area contributed by atoms with E-state index in [1.807, 2.05) is 0 Å². The summed E-state index contributed by atoms with van der Waals surface area (Å²) in [6.45, 7) is 4.77. The van der Waals surface area contributed by atoms with Crippen LogP contribution in [0.5, 0.6) is 0 Å². The Morgan fingerprint density at radius 2 is 1.90 bits per heavy atom. The molecule has 2 fully saturated rings. The molecule has 1 unspecified atom stereocenters. The third-order valence-corrected chi connectivity index (χ3v) is 9.04. The van der Waals surface area contributed by atoms with Crippen LogP contribution in [0.4, 0.5) is 5.69 Å².